The van der Waals surface area contributed by atoms with Gasteiger partial charge in [0, 0.05) is 49.0 Å². The summed E-state index contributed by atoms with van der Waals surface area (Å²) < 4.78 is 6.68. The molecule has 1 unspecified atom stereocenters. The van der Waals surface area contributed by atoms with Gasteiger partial charge in [0.05, 0.1) is 16.9 Å². The molecule has 16 nitrogen and oxygen atoms in total. The van der Waals surface area contributed by atoms with Gasteiger partial charge in [0.25, 0.3) is 0 Å². The summed E-state index contributed by atoms with van der Waals surface area (Å²) in [5, 5.41) is 25.1. The van der Waals surface area contributed by atoms with Gasteiger partial charge >= 0.3 is 23.8 Å². The van der Waals surface area contributed by atoms with Gasteiger partial charge in [-0.1, -0.05) is 23.7 Å². The van der Waals surface area contributed by atoms with E-state index in [-0.39, 0.29) is 28.7 Å². The van der Waals surface area contributed by atoms with Crippen molar-refractivity contribution in [2.75, 3.05) is 42.1 Å². The number of nitrogens with zero attached hydrogens (tertiary/aromatic N) is 5. The molecule has 4 aromatic rings. The van der Waals surface area contributed by atoms with E-state index in [9.17, 15) is 24.0 Å². The number of anilines is 3. The molecule has 0 spiro atoms. The third-order valence-corrected chi connectivity index (χ3v) is 7.70. The molecule has 266 valence electrons. The molecule has 0 aliphatic carbocycles. The minimum atomic E-state index is -1.23. The van der Waals surface area contributed by atoms with Crippen molar-refractivity contribution >= 4 is 58.4 Å². The van der Waals surface area contributed by atoms with E-state index < -0.39 is 35.3 Å². The van der Waals surface area contributed by atoms with Gasteiger partial charge in [0.1, 0.15) is 18.0 Å². The Hall–Kier alpha value is -5.87. The van der Waals surface area contributed by atoms with E-state index in [4.69, 9.17) is 16.3 Å². The van der Waals surface area contributed by atoms with Crippen molar-refractivity contribution in [3.05, 3.63) is 89.2 Å². The number of amides is 5. The van der Waals surface area contributed by atoms with Crippen LogP contribution < -0.4 is 26.6 Å². The van der Waals surface area contributed by atoms with Gasteiger partial charge in [-0.25, -0.2) is 9.59 Å². The smallest absolute Gasteiger partial charge is 0.338 e. The fraction of sp³-hybridized carbons (Fsp3) is 0.294. The van der Waals surface area contributed by atoms with E-state index in [1.54, 1.807) is 62.1 Å². The first-order valence-electron chi connectivity index (χ1n) is 16.0. The highest BCUT2D eigenvalue weighted by Gasteiger charge is 2.26. The second-order valence-corrected chi connectivity index (χ2v) is 13.0. The SMILES string of the molecule is CC(C)(C)OC(=O)c1ccc(NC(=O)C(Cc2ccc(NC(=O)N3CCNCC3)cc2)NC(=O)C(=O)Nc2cc(Cl)ccc2-n2cnnn2)cc1. The molecule has 1 aromatic heterocycles. The Balaban J connectivity index is 1.30. The number of nitrogens with one attached hydrogen (secondary N) is 5. The van der Waals surface area contributed by atoms with Crippen molar-refractivity contribution in [1.29, 1.82) is 0 Å². The number of benzene rings is 3. The summed E-state index contributed by atoms with van der Waals surface area (Å²) in [6.45, 7) is 7.89. The number of hydrogen-bond acceptors (Lipinski definition) is 10. The van der Waals surface area contributed by atoms with Crippen molar-refractivity contribution in [2.45, 2.75) is 38.8 Å². The van der Waals surface area contributed by atoms with Crippen LogP contribution in [0.4, 0.5) is 21.9 Å². The van der Waals surface area contributed by atoms with E-state index in [2.05, 4.69) is 42.1 Å². The van der Waals surface area contributed by atoms with Crippen LogP contribution in [-0.2, 0) is 25.5 Å². The lowest BCUT2D eigenvalue weighted by atomic mass is 10.0. The number of ether oxygens (including phenoxy) is 1. The topological polar surface area (TPSA) is 202 Å². The minimum Gasteiger partial charge on any atom is -0.456 e. The molecule has 0 bridgehead atoms. The van der Waals surface area contributed by atoms with Crippen LogP contribution in [0, 0.1) is 0 Å². The second kappa shape index (κ2) is 16.2. The van der Waals surface area contributed by atoms with Crippen molar-refractivity contribution in [2.24, 2.45) is 0 Å². The van der Waals surface area contributed by atoms with Crippen molar-refractivity contribution in [1.82, 2.24) is 35.7 Å². The first-order valence-corrected chi connectivity index (χ1v) is 16.4. The Morgan fingerprint density at radius 2 is 1.55 bits per heavy atom. The van der Waals surface area contributed by atoms with Gasteiger partial charge in [-0.05, 0) is 91.4 Å². The lowest BCUT2D eigenvalue weighted by Crippen LogP contribution is -2.49. The number of carbonyl (C=O) groups is 5. The summed E-state index contributed by atoms with van der Waals surface area (Å²) >= 11 is 6.15. The van der Waals surface area contributed by atoms with Crippen LogP contribution in [0.15, 0.2) is 73.1 Å². The predicted octanol–water partition coefficient (Wildman–Crippen LogP) is 3.01. The minimum absolute atomic E-state index is 0.0140. The Morgan fingerprint density at radius 3 is 2.20 bits per heavy atom. The quantitative estimate of drug-likeness (QED) is 0.127. The molecule has 1 aliphatic heterocycles. The molecule has 0 saturated carbocycles. The normalized spacial score (nSPS) is 13.5. The van der Waals surface area contributed by atoms with Crippen molar-refractivity contribution in [3.8, 4) is 5.69 Å². The van der Waals surface area contributed by atoms with Crippen molar-refractivity contribution in [3.63, 3.8) is 0 Å². The summed E-state index contributed by atoms with van der Waals surface area (Å²) in [5.41, 5.74) is 1.63. The highest BCUT2D eigenvalue weighted by atomic mass is 35.5. The molecule has 5 rings (SSSR count). The lowest BCUT2D eigenvalue weighted by Gasteiger charge is -2.27. The molecular formula is C34H37ClN10O6. The molecule has 1 aliphatic rings. The predicted molar refractivity (Wildman–Crippen MR) is 189 cm³/mol. The maximum atomic E-state index is 13.6. The van der Waals surface area contributed by atoms with Gasteiger partial charge in [-0.2, -0.15) is 4.68 Å². The number of rotatable bonds is 9. The molecule has 0 radical (unpaired) electrons. The summed E-state index contributed by atoms with van der Waals surface area (Å²) in [5.74, 6) is -3.32. The Kier molecular flexibility index (Phi) is 11.6. The number of hydrogen-bond donors (Lipinski definition) is 5. The highest BCUT2D eigenvalue weighted by molar-refractivity contribution is 6.40. The van der Waals surface area contributed by atoms with Crippen LogP contribution in [0.2, 0.25) is 5.02 Å². The summed E-state index contributed by atoms with van der Waals surface area (Å²) in [6.07, 6.45) is 1.29. The summed E-state index contributed by atoms with van der Waals surface area (Å²) in [6, 6.07) is 16.0. The number of carbonyl (C=O) groups excluding carboxylic acids is 5. The molecule has 3 aromatic carbocycles. The number of piperazine rings is 1. The molecule has 2 heterocycles. The monoisotopic (exact) mass is 716 g/mol. The zero-order valence-electron chi connectivity index (χ0n) is 28.1. The first-order chi connectivity index (χ1) is 24.3. The zero-order valence-corrected chi connectivity index (χ0v) is 28.9. The molecule has 5 N–H and O–H groups in total. The van der Waals surface area contributed by atoms with E-state index >= 15 is 0 Å². The summed E-state index contributed by atoms with van der Waals surface area (Å²) in [7, 11) is 0. The van der Waals surface area contributed by atoms with Crippen LogP contribution in [0.3, 0.4) is 0 Å². The standard InChI is InChI=1S/C34H37ClN10O6/c1-34(2,3)51-32(49)22-6-11-24(12-7-22)38-29(46)27(18-21-4-9-25(10-5-21)39-33(50)44-16-14-36-15-17-44)41-31(48)30(47)40-26-19-23(35)8-13-28(26)45-20-37-42-43-45/h4-13,19-20,27,36H,14-18H2,1-3H3,(H,38,46)(H,39,50)(H,40,47)(H,41,48). The van der Waals surface area contributed by atoms with Crippen molar-refractivity contribution < 1.29 is 28.7 Å². The van der Waals surface area contributed by atoms with Gasteiger partial charge in [-0.15, -0.1) is 5.10 Å². The second-order valence-electron chi connectivity index (χ2n) is 12.5. The Bertz CT molecular complexity index is 1870. The van der Waals surface area contributed by atoms with Gasteiger partial charge in [0.15, 0.2) is 0 Å². The largest absolute Gasteiger partial charge is 0.456 e. The molecule has 1 fully saturated rings. The summed E-state index contributed by atoms with van der Waals surface area (Å²) in [4.78, 5) is 66.8. The Morgan fingerprint density at radius 1 is 0.882 bits per heavy atom. The van der Waals surface area contributed by atoms with E-state index in [1.807, 2.05) is 0 Å². The molecule has 1 saturated heterocycles. The lowest BCUT2D eigenvalue weighted by molar-refractivity contribution is -0.137. The maximum Gasteiger partial charge on any atom is 0.338 e. The Labute approximate surface area is 298 Å². The molecular weight excluding hydrogens is 680 g/mol. The average molecular weight is 717 g/mol. The maximum absolute atomic E-state index is 13.6. The number of urea groups is 1. The zero-order chi connectivity index (χ0) is 36.5. The highest BCUT2D eigenvalue weighted by Crippen LogP contribution is 2.24. The molecule has 17 heteroatoms. The van der Waals surface area contributed by atoms with Gasteiger partial charge < -0.3 is 36.2 Å². The molecule has 5 amide bonds. The van der Waals surface area contributed by atoms with Gasteiger partial charge in [-0.3, -0.25) is 14.4 Å². The van der Waals surface area contributed by atoms with E-state index in [0.29, 0.717) is 48.8 Å². The molecule has 51 heavy (non-hydrogen) atoms. The van der Waals surface area contributed by atoms with E-state index in [1.165, 1.54) is 41.3 Å². The van der Waals surface area contributed by atoms with Crippen LogP contribution in [-0.4, -0.2) is 92.7 Å². The van der Waals surface area contributed by atoms with Crippen LogP contribution in [0.25, 0.3) is 5.69 Å². The van der Waals surface area contributed by atoms with E-state index in [0.717, 1.165) is 0 Å². The number of esters is 1. The van der Waals surface area contributed by atoms with Gasteiger partial charge in [0.2, 0.25) is 5.91 Å². The third-order valence-electron chi connectivity index (χ3n) is 7.47. The molecule has 1 atom stereocenters. The fourth-order valence-electron chi connectivity index (χ4n) is 4.98. The third kappa shape index (κ3) is 10.3. The number of aromatic nitrogens is 4. The fourth-order valence-corrected chi connectivity index (χ4v) is 5.15. The average Bonchev–Trinajstić information content (AvgIpc) is 3.63. The van der Waals surface area contributed by atoms with Crippen LogP contribution in [0.5, 0.6) is 0 Å². The van der Waals surface area contributed by atoms with Crippen LogP contribution >= 0.6 is 11.6 Å². The van der Waals surface area contributed by atoms with Crippen LogP contribution in [0.1, 0.15) is 36.7 Å². The number of halogens is 1. The first kappa shape index (κ1) is 36.4. The number of tetrazole rings is 1.